The van der Waals surface area contributed by atoms with Gasteiger partial charge in [0.2, 0.25) is 21.8 Å². The molecular weight excluding hydrogens is 726 g/mol. The quantitative estimate of drug-likeness (QED) is 0.279. The van der Waals surface area contributed by atoms with E-state index in [1.807, 2.05) is 29.7 Å². The van der Waals surface area contributed by atoms with Gasteiger partial charge in [-0.25, -0.2) is 18.4 Å². The number of hydrogen-bond acceptors (Lipinski definition) is 10. The van der Waals surface area contributed by atoms with E-state index in [-0.39, 0.29) is 37.0 Å². The molecule has 0 radical (unpaired) electrons. The summed E-state index contributed by atoms with van der Waals surface area (Å²) in [6.07, 6.45) is 7.42. The zero-order chi connectivity index (χ0) is 36.9. The van der Waals surface area contributed by atoms with Gasteiger partial charge < -0.3 is 19.7 Å². The molecule has 0 spiro atoms. The molecule has 1 aliphatic heterocycles. The van der Waals surface area contributed by atoms with Gasteiger partial charge in [0.25, 0.3) is 5.91 Å². The Morgan fingerprint density at radius 1 is 1.13 bits per heavy atom. The van der Waals surface area contributed by atoms with E-state index in [4.69, 9.17) is 31.0 Å². The lowest BCUT2D eigenvalue weighted by molar-refractivity contribution is -0.140. The number of amides is 3. The summed E-state index contributed by atoms with van der Waals surface area (Å²) in [7, 11) is -0.553. The number of fused-ring (bicyclic) bond motifs is 3. The Balaban J connectivity index is 1.21. The molecule has 15 heteroatoms. The highest BCUT2D eigenvalue weighted by atomic mass is 35.5. The predicted molar refractivity (Wildman–Crippen MR) is 199 cm³/mol. The molecule has 2 N–H and O–H groups in total. The molecule has 7 rings (SSSR count). The summed E-state index contributed by atoms with van der Waals surface area (Å²) in [5, 5.41) is 6.02. The van der Waals surface area contributed by atoms with Crippen LogP contribution in [0, 0.1) is 17.8 Å². The zero-order valence-electron chi connectivity index (χ0n) is 29.7. The molecule has 1 aromatic carbocycles. The molecule has 3 aromatic rings. The number of aromatic nitrogens is 2. The SMILES string of the molecule is COc1ccc2c(O[C@@H]3C[C@H]4C(=O)N[C@]5(C(=O)NS(=O)(=O)C6CC6)C[C@@H]5/C=C\CCCCN(C)C(=O)[C@@H]4C3)cc(-c3nc(C(C)C)cs3)nc2c1Cl. The summed E-state index contributed by atoms with van der Waals surface area (Å²) >= 11 is 8.27. The second-order valence-electron chi connectivity index (χ2n) is 14.8. The summed E-state index contributed by atoms with van der Waals surface area (Å²) in [5.74, 6) is -2.09. The van der Waals surface area contributed by atoms with Crippen LogP contribution in [0.25, 0.3) is 21.6 Å². The number of pyridine rings is 1. The fourth-order valence-corrected chi connectivity index (χ4v) is 9.90. The van der Waals surface area contributed by atoms with Gasteiger partial charge in [-0.3, -0.25) is 19.1 Å². The maximum Gasteiger partial charge on any atom is 0.259 e. The molecule has 3 amide bonds. The number of nitrogens with zero attached hydrogens (tertiary/aromatic N) is 3. The van der Waals surface area contributed by atoms with E-state index in [1.54, 1.807) is 18.0 Å². The normalized spacial score (nSPS) is 27.4. The minimum Gasteiger partial charge on any atom is -0.495 e. The third kappa shape index (κ3) is 7.13. The number of hydrogen-bond donors (Lipinski definition) is 2. The maximum atomic E-state index is 14.3. The molecule has 4 aliphatic rings. The van der Waals surface area contributed by atoms with Crippen molar-refractivity contribution in [3.05, 3.63) is 46.4 Å². The third-order valence-electron chi connectivity index (χ3n) is 10.7. The van der Waals surface area contributed by atoms with E-state index < -0.39 is 50.6 Å². The van der Waals surface area contributed by atoms with Crippen LogP contribution in [-0.2, 0) is 24.4 Å². The highest BCUT2D eigenvalue weighted by molar-refractivity contribution is 7.91. The van der Waals surface area contributed by atoms with Crippen molar-refractivity contribution in [3.8, 4) is 22.2 Å². The molecule has 3 fully saturated rings. The minimum absolute atomic E-state index is 0.168. The van der Waals surface area contributed by atoms with Gasteiger partial charge >= 0.3 is 0 Å². The van der Waals surface area contributed by atoms with Crippen LogP contribution in [0.2, 0.25) is 5.02 Å². The van der Waals surface area contributed by atoms with Gasteiger partial charge in [-0.2, -0.15) is 0 Å². The van der Waals surface area contributed by atoms with Gasteiger partial charge in [0.05, 0.1) is 35.4 Å². The average Bonchev–Trinajstić information content (AvgIpc) is 3.98. The molecule has 0 unspecified atom stereocenters. The summed E-state index contributed by atoms with van der Waals surface area (Å²) in [6.45, 7) is 4.69. The van der Waals surface area contributed by atoms with E-state index >= 15 is 0 Å². The second kappa shape index (κ2) is 14.2. The predicted octanol–water partition coefficient (Wildman–Crippen LogP) is 5.60. The van der Waals surface area contributed by atoms with E-state index in [0.29, 0.717) is 57.5 Å². The van der Waals surface area contributed by atoms with Crippen LogP contribution in [0.4, 0.5) is 0 Å². The number of methoxy groups -OCH3 is 1. The molecule has 3 saturated carbocycles. The molecule has 2 aromatic heterocycles. The summed E-state index contributed by atoms with van der Waals surface area (Å²) in [6, 6.07) is 5.39. The standard InChI is InChI=1S/C37H44ClN5O7S2/c1-20(2)28-19-51-34(40-28)27-17-30(24-12-13-29(49-4)31(38)32(24)39-27)50-22-15-25-26(16-22)35(45)43(3)14-8-6-5-7-9-21-18-37(21,41-33(25)44)36(46)42-52(47,48)23-10-11-23/h7,9,12-13,17,19-23,25-26H,5-6,8,10-11,14-16,18H2,1-4H3,(H,41,44)(H,42,46)/b9-7-/t21-,22+,25+,26+,37+/m0/s1. The fraction of sp³-hybridized carbons (Fsp3) is 0.541. The highest BCUT2D eigenvalue weighted by Crippen LogP contribution is 2.47. The number of ether oxygens (including phenoxy) is 2. The van der Waals surface area contributed by atoms with Crippen molar-refractivity contribution < 1.29 is 32.3 Å². The smallest absolute Gasteiger partial charge is 0.259 e. The minimum atomic E-state index is -3.84. The van der Waals surface area contributed by atoms with Crippen molar-refractivity contribution in [2.45, 2.75) is 88.0 Å². The average molecular weight is 770 g/mol. The first kappa shape index (κ1) is 36.6. The summed E-state index contributed by atoms with van der Waals surface area (Å²) in [4.78, 5) is 53.2. The number of rotatable bonds is 8. The Labute approximate surface area is 312 Å². The largest absolute Gasteiger partial charge is 0.495 e. The van der Waals surface area contributed by atoms with Crippen molar-refractivity contribution in [3.63, 3.8) is 0 Å². The molecule has 52 heavy (non-hydrogen) atoms. The van der Waals surface area contributed by atoms with E-state index in [2.05, 4.69) is 23.9 Å². The van der Waals surface area contributed by atoms with Gasteiger partial charge in [-0.15, -0.1) is 11.3 Å². The van der Waals surface area contributed by atoms with Crippen LogP contribution in [0.1, 0.15) is 76.8 Å². The van der Waals surface area contributed by atoms with Crippen LogP contribution in [0.15, 0.2) is 35.7 Å². The molecule has 3 heterocycles. The number of carbonyl (C=O) groups is 3. The first-order chi connectivity index (χ1) is 24.8. The lowest BCUT2D eigenvalue weighted by atomic mass is 9.93. The van der Waals surface area contributed by atoms with Crippen LogP contribution in [-0.4, -0.2) is 78.6 Å². The Hall–Kier alpha value is -3.75. The van der Waals surface area contributed by atoms with Crippen molar-refractivity contribution in [1.29, 1.82) is 0 Å². The van der Waals surface area contributed by atoms with Crippen molar-refractivity contribution in [1.82, 2.24) is 24.9 Å². The van der Waals surface area contributed by atoms with E-state index in [9.17, 15) is 22.8 Å². The molecule has 3 aliphatic carbocycles. The monoisotopic (exact) mass is 769 g/mol. The van der Waals surface area contributed by atoms with Crippen molar-refractivity contribution in [2.75, 3.05) is 20.7 Å². The number of allylic oxidation sites excluding steroid dienone is 1. The molecule has 0 saturated heterocycles. The first-order valence-corrected chi connectivity index (χ1v) is 20.7. The van der Waals surface area contributed by atoms with Gasteiger partial charge in [0, 0.05) is 36.3 Å². The molecule has 278 valence electrons. The lowest BCUT2D eigenvalue weighted by Crippen LogP contribution is -2.54. The number of halogens is 1. The van der Waals surface area contributed by atoms with E-state index in [0.717, 1.165) is 25.0 Å². The van der Waals surface area contributed by atoms with Crippen molar-refractivity contribution >= 4 is 61.6 Å². The van der Waals surface area contributed by atoms with Gasteiger partial charge in [0.15, 0.2) is 0 Å². The Kier molecular flexibility index (Phi) is 10.0. The number of nitrogens with one attached hydrogen (secondary N) is 2. The Morgan fingerprint density at radius 2 is 1.90 bits per heavy atom. The summed E-state index contributed by atoms with van der Waals surface area (Å²) < 4.78 is 40.0. The number of benzene rings is 1. The third-order valence-corrected chi connectivity index (χ3v) is 13.8. The van der Waals surface area contributed by atoms with Gasteiger partial charge in [-0.1, -0.05) is 37.6 Å². The molecule has 12 nitrogen and oxygen atoms in total. The van der Waals surface area contributed by atoms with Crippen LogP contribution in [0.5, 0.6) is 11.5 Å². The maximum absolute atomic E-state index is 14.3. The van der Waals surface area contributed by atoms with Crippen LogP contribution < -0.4 is 19.5 Å². The Bertz CT molecular complexity index is 2050. The fourth-order valence-electron chi connectivity index (χ4n) is 7.31. The molecule has 5 atom stereocenters. The Morgan fingerprint density at radius 3 is 2.62 bits per heavy atom. The second-order valence-corrected chi connectivity index (χ2v) is 18.0. The summed E-state index contributed by atoms with van der Waals surface area (Å²) in [5.41, 5.74) is 0.576. The number of thiazole rings is 1. The first-order valence-electron chi connectivity index (χ1n) is 17.9. The highest BCUT2D eigenvalue weighted by Gasteiger charge is 2.62. The number of carbonyl (C=O) groups excluding carboxylic acids is 3. The van der Waals surface area contributed by atoms with Gasteiger partial charge in [-0.05, 0) is 69.4 Å². The molecule has 0 bridgehead atoms. The van der Waals surface area contributed by atoms with Crippen LogP contribution >= 0.6 is 22.9 Å². The lowest BCUT2D eigenvalue weighted by Gasteiger charge is -2.26. The molecular formula is C37H44ClN5O7S2. The topological polar surface area (TPSA) is 157 Å². The van der Waals surface area contributed by atoms with Crippen molar-refractivity contribution in [2.24, 2.45) is 17.8 Å². The van der Waals surface area contributed by atoms with Gasteiger partial charge in [0.1, 0.15) is 38.9 Å². The number of sulfonamides is 1. The van der Waals surface area contributed by atoms with Crippen LogP contribution in [0.3, 0.4) is 0 Å². The zero-order valence-corrected chi connectivity index (χ0v) is 32.1. The van der Waals surface area contributed by atoms with E-state index in [1.165, 1.54) is 18.4 Å².